The lowest BCUT2D eigenvalue weighted by molar-refractivity contribution is 0.371. The topological polar surface area (TPSA) is 69.8 Å². The number of nitrogens with zero attached hydrogens (tertiary/aromatic N) is 5. The lowest BCUT2D eigenvalue weighted by Gasteiger charge is -2.37. The first kappa shape index (κ1) is 17.3. The second-order valence-corrected chi connectivity index (χ2v) is 6.21. The number of hydrogen-bond donors (Lipinski definition) is 1. The van der Waals surface area contributed by atoms with E-state index in [2.05, 4.69) is 68.4 Å². The van der Waals surface area contributed by atoms with Gasteiger partial charge in [-0.3, -0.25) is 0 Å². The van der Waals surface area contributed by atoms with Crippen molar-refractivity contribution in [2.75, 3.05) is 37.6 Å². The van der Waals surface area contributed by atoms with E-state index in [1.807, 2.05) is 0 Å². The maximum Gasteiger partial charge on any atom is 0.223 e. The highest BCUT2D eigenvalue weighted by molar-refractivity contribution is 5.80. The smallest absolute Gasteiger partial charge is 0.223 e. The van der Waals surface area contributed by atoms with Crippen molar-refractivity contribution in [1.29, 1.82) is 0 Å². The first-order chi connectivity index (χ1) is 12.2. The molecule has 0 spiro atoms. The van der Waals surface area contributed by atoms with Gasteiger partial charge in [0.15, 0.2) is 11.8 Å². The number of rotatable bonds is 4. The summed E-state index contributed by atoms with van der Waals surface area (Å²) in [5, 5.41) is 7.27. The lowest BCUT2D eigenvalue weighted by atomic mass is 10.2. The zero-order valence-corrected chi connectivity index (χ0v) is 15.2. The third-order valence-corrected chi connectivity index (χ3v) is 4.22. The summed E-state index contributed by atoms with van der Waals surface area (Å²) in [7, 11) is 0. The Balaban J connectivity index is 1.62. The van der Waals surface area contributed by atoms with Crippen molar-refractivity contribution in [2.24, 2.45) is 4.99 Å². The maximum absolute atomic E-state index is 5.00. The first-order valence-electron chi connectivity index (χ1n) is 8.80. The quantitative estimate of drug-likeness (QED) is 0.677. The van der Waals surface area contributed by atoms with Crippen molar-refractivity contribution < 1.29 is 4.52 Å². The summed E-state index contributed by atoms with van der Waals surface area (Å²) >= 11 is 0. The molecule has 1 aromatic heterocycles. The van der Waals surface area contributed by atoms with Crippen LogP contribution in [0.15, 0.2) is 33.8 Å². The largest absolute Gasteiger partial charge is 0.368 e. The molecule has 3 rings (SSSR count). The Morgan fingerprint density at radius 3 is 2.68 bits per heavy atom. The van der Waals surface area contributed by atoms with Gasteiger partial charge in [0.1, 0.15) is 6.54 Å². The minimum absolute atomic E-state index is 0.428. The number of guanidine groups is 1. The van der Waals surface area contributed by atoms with E-state index in [9.17, 15) is 0 Å². The van der Waals surface area contributed by atoms with E-state index in [4.69, 9.17) is 4.52 Å². The standard InChI is InChI=1S/C18H26N6O/c1-4-19-18(20-13-17-21-15(3)25-22-17)24-10-8-23(9-11-24)16-7-5-6-14(2)12-16/h5-7,12H,4,8-11,13H2,1-3H3,(H,19,20). The van der Waals surface area contributed by atoms with Gasteiger partial charge in [-0.2, -0.15) is 4.98 Å². The van der Waals surface area contributed by atoms with E-state index in [-0.39, 0.29) is 0 Å². The zero-order valence-electron chi connectivity index (χ0n) is 15.2. The molecule has 0 unspecified atom stereocenters. The van der Waals surface area contributed by atoms with Crippen molar-refractivity contribution in [2.45, 2.75) is 27.3 Å². The molecule has 1 aliphatic heterocycles. The van der Waals surface area contributed by atoms with Crippen LogP contribution in [0.4, 0.5) is 5.69 Å². The fourth-order valence-corrected chi connectivity index (χ4v) is 2.98. The fourth-order valence-electron chi connectivity index (χ4n) is 2.98. The van der Waals surface area contributed by atoms with Crippen LogP contribution in [0.1, 0.15) is 24.2 Å². The number of hydrogen-bond acceptors (Lipinski definition) is 5. The molecule has 0 atom stereocenters. The van der Waals surface area contributed by atoms with Gasteiger partial charge >= 0.3 is 0 Å². The van der Waals surface area contributed by atoms with E-state index < -0.39 is 0 Å². The van der Waals surface area contributed by atoms with Gasteiger partial charge in [-0.1, -0.05) is 17.3 Å². The van der Waals surface area contributed by atoms with E-state index in [1.54, 1.807) is 6.92 Å². The van der Waals surface area contributed by atoms with Crippen molar-refractivity contribution in [1.82, 2.24) is 20.4 Å². The van der Waals surface area contributed by atoms with Gasteiger partial charge in [0.25, 0.3) is 0 Å². The molecule has 1 saturated heterocycles. The molecule has 0 radical (unpaired) electrons. The average molecular weight is 342 g/mol. The van der Waals surface area contributed by atoms with Gasteiger partial charge in [-0.25, -0.2) is 4.99 Å². The molecule has 7 heteroatoms. The average Bonchev–Trinajstić information content (AvgIpc) is 3.04. The summed E-state index contributed by atoms with van der Waals surface area (Å²) in [5.41, 5.74) is 2.59. The Morgan fingerprint density at radius 1 is 1.24 bits per heavy atom. The molecule has 0 saturated carbocycles. The van der Waals surface area contributed by atoms with Crippen molar-refractivity contribution in [3.8, 4) is 0 Å². The highest BCUT2D eigenvalue weighted by Crippen LogP contribution is 2.17. The minimum atomic E-state index is 0.428. The number of aliphatic imine (C=N–C) groups is 1. The molecule has 1 aromatic carbocycles. The Morgan fingerprint density at radius 2 is 2.04 bits per heavy atom. The van der Waals surface area contributed by atoms with Gasteiger partial charge in [0.2, 0.25) is 5.89 Å². The summed E-state index contributed by atoms with van der Waals surface area (Å²) in [5.74, 6) is 2.10. The van der Waals surface area contributed by atoms with Crippen LogP contribution in [0.5, 0.6) is 0 Å². The van der Waals surface area contributed by atoms with Gasteiger partial charge in [0.05, 0.1) is 0 Å². The van der Waals surface area contributed by atoms with Gasteiger partial charge < -0.3 is 19.6 Å². The Hall–Kier alpha value is -2.57. The maximum atomic E-state index is 5.00. The number of nitrogens with one attached hydrogen (secondary N) is 1. The van der Waals surface area contributed by atoms with Crippen LogP contribution in [0.25, 0.3) is 0 Å². The summed E-state index contributed by atoms with van der Waals surface area (Å²) < 4.78 is 5.00. The zero-order chi connectivity index (χ0) is 17.6. The molecule has 134 valence electrons. The SMILES string of the molecule is CCNC(=NCc1noc(C)n1)N1CCN(c2cccc(C)c2)CC1. The van der Waals surface area contributed by atoms with Crippen molar-refractivity contribution in [3.63, 3.8) is 0 Å². The second-order valence-electron chi connectivity index (χ2n) is 6.21. The fraction of sp³-hybridized carbons (Fsp3) is 0.500. The third kappa shape index (κ3) is 4.49. The molecular formula is C18H26N6O. The number of anilines is 1. The van der Waals surface area contributed by atoms with Crippen LogP contribution < -0.4 is 10.2 Å². The molecule has 0 bridgehead atoms. The third-order valence-electron chi connectivity index (χ3n) is 4.22. The van der Waals surface area contributed by atoms with E-state index in [1.165, 1.54) is 11.3 Å². The van der Waals surface area contributed by atoms with Crippen LogP contribution in [-0.2, 0) is 6.54 Å². The van der Waals surface area contributed by atoms with Crippen molar-refractivity contribution >= 4 is 11.6 Å². The lowest BCUT2D eigenvalue weighted by Crippen LogP contribution is -2.52. The molecule has 0 amide bonds. The number of piperazine rings is 1. The summed E-state index contributed by atoms with van der Waals surface area (Å²) in [4.78, 5) is 13.6. The Kier molecular flexibility index (Phi) is 5.53. The molecule has 2 heterocycles. The van der Waals surface area contributed by atoms with Gasteiger partial charge in [0, 0.05) is 45.3 Å². The number of aryl methyl sites for hydroxylation is 2. The van der Waals surface area contributed by atoms with Crippen LogP contribution in [0.2, 0.25) is 0 Å². The molecule has 0 aliphatic carbocycles. The van der Waals surface area contributed by atoms with Crippen molar-refractivity contribution in [3.05, 3.63) is 41.5 Å². The highest BCUT2D eigenvalue weighted by atomic mass is 16.5. The second kappa shape index (κ2) is 8.00. The first-order valence-corrected chi connectivity index (χ1v) is 8.80. The Labute approximate surface area is 148 Å². The highest BCUT2D eigenvalue weighted by Gasteiger charge is 2.20. The normalized spacial score (nSPS) is 15.6. The minimum Gasteiger partial charge on any atom is -0.368 e. The van der Waals surface area contributed by atoms with Crippen LogP contribution in [0.3, 0.4) is 0 Å². The molecule has 7 nitrogen and oxygen atoms in total. The van der Waals surface area contributed by atoms with E-state index in [0.717, 1.165) is 38.7 Å². The van der Waals surface area contributed by atoms with Crippen LogP contribution >= 0.6 is 0 Å². The van der Waals surface area contributed by atoms with E-state index in [0.29, 0.717) is 18.3 Å². The predicted octanol–water partition coefficient (Wildman–Crippen LogP) is 1.97. The molecular weight excluding hydrogens is 316 g/mol. The predicted molar refractivity (Wildman–Crippen MR) is 98.8 cm³/mol. The summed E-state index contributed by atoms with van der Waals surface area (Å²) in [6, 6.07) is 8.68. The number of aromatic nitrogens is 2. The summed E-state index contributed by atoms with van der Waals surface area (Å²) in [6.45, 7) is 11.1. The summed E-state index contributed by atoms with van der Waals surface area (Å²) in [6.07, 6.45) is 0. The molecule has 2 aromatic rings. The van der Waals surface area contributed by atoms with Crippen LogP contribution in [0, 0.1) is 13.8 Å². The van der Waals surface area contributed by atoms with E-state index >= 15 is 0 Å². The van der Waals surface area contributed by atoms with Gasteiger partial charge in [-0.05, 0) is 31.5 Å². The molecule has 1 N–H and O–H groups in total. The monoisotopic (exact) mass is 342 g/mol. The molecule has 1 aliphatic rings. The molecule has 1 fully saturated rings. The number of benzene rings is 1. The van der Waals surface area contributed by atoms with Crippen LogP contribution in [-0.4, -0.2) is 53.7 Å². The molecule has 25 heavy (non-hydrogen) atoms. The Bertz CT molecular complexity index is 718. The van der Waals surface area contributed by atoms with Gasteiger partial charge in [-0.15, -0.1) is 0 Å².